The van der Waals surface area contributed by atoms with Gasteiger partial charge in [0.05, 0.1) is 16.4 Å². The topological polar surface area (TPSA) is 72.8 Å². The number of hydrogen-bond donors (Lipinski definition) is 0. The van der Waals surface area contributed by atoms with E-state index in [-0.39, 0.29) is 16.5 Å². The summed E-state index contributed by atoms with van der Waals surface area (Å²) in [4.78, 5) is 0.354. The van der Waals surface area contributed by atoms with Gasteiger partial charge in [-0.05, 0) is 49.3 Å². The fourth-order valence-electron chi connectivity index (χ4n) is 2.30. The average Bonchev–Trinajstić information content (AvgIpc) is 2.65. The van der Waals surface area contributed by atoms with E-state index in [2.05, 4.69) is 37.6 Å². The molecule has 0 heterocycles. The van der Waals surface area contributed by atoms with Crippen molar-refractivity contribution >= 4 is 28.1 Å². The first-order valence-corrected chi connectivity index (χ1v) is 15.7. The van der Waals surface area contributed by atoms with Gasteiger partial charge in [0, 0.05) is 5.41 Å². The van der Waals surface area contributed by atoms with Crippen molar-refractivity contribution in [1.29, 1.82) is 0 Å². The quantitative estimate of drug-likeness (QED) is 0.488. The molecular formula is C22H31NO4S2Si. The van der Waals surface area contributed by atoms with Gasteiger partial charge >= 0.3 is 0 Å². The van der Waals surface area contributed by atoms with Gasteiger partial charge in [0.15, 0.2) is 8.32 Å². The molecule has 5 nitrogen and oxygen atoms in total. The van der Waals surface area contributed by atoms with Gasteiger partial charge in [-0.1, -0.05) is 66.5 Å². The van der Waals surface area contributed by atoms with Crippen LogP contribution in [0.1, 0.15) is 26.3 Å². The van der Waals surface area contributed by atoms with E-state index in [0.29, 0.717) is 4.90 Å². The summed E-state index contributed by atoms with van der Waals surface area (Å²) in [5, 5.41) is 1.40. The normalized spacial score (nSPS) is 15.1. The van der Waals surface area contributed by atoms with Gasteiger partial charge in [-0.3, -0.25) is 0 Å². The molecule has 0 amide bonds. The van der Waals surface area contributed by atoms with E-state index in [1.54, 1.807) is 48.5 Å². The number of aryl methyl sites for hydroxylation is 1. The summed E-state index contributed by atoms with van der Waals surface area (Å²) < 4.78 is 49.3. The third kappa shape index (κ3) is 6.13. The Labute approximate surface area is 182 Å². The Morgan fingerprint density at radius 3 is 2.03 bits per heavy atom. The zero-order valence-corrected chi connectivity index (χ0v) is 21.1. The van der Waals surface area contributed by atoms with Gasteiger partial charge in [0.25, 0.3) is 10.0 Å². The molecule has 1 atom stereocenters. The summed E-state index contributed by atoms with van der Waals surface area (Å²) in [5.74, 6) is 0. The molecule has 0 radical (unpaired) electrons. The van der Waals surface area contributed by atoms with Crippen LogP contribution in [0.2, 0.25) is 18.1 Å². The Hall–Kier alpha value is -1.74. The van der Waals surface area contributed by atoms with Crippen molar-refractivity contribution in [1.82, 2.24) is 0 Å². The molecule has 8 heteroatoms. The first kappa shape index (κ1) is 24.5. The molecule has 2 aromatic rings. The summed E-state index contributed by atoms with van der Waals surface area (Å²) in [6.07, 6.45) is 1.62. The van der Waals surface area contributed by atoms with Crippen LogP contribution in [-0.4, -0.2) is 27.6 Å². The monoisotopic (exact) mass is 465 g/mol. The summed E-state index contributed by atoms with van der Waals surface area (Å²) in [6.45, 7) is 12.8. The zero-order chi connectivity index (χ0) is 22.6. The van der Waals surface area contributed by atoms with Crippen LogP contribution >= 0.6 is 0 Å². The van der Waals surface area contributed by atoms with E-state index >= 15 is 0 Å². The minimum atomic E-state index is -4.11. The number of hydrogen-bond acceptors (Lipinski definition) is 4. The summed E-state index contributed by atoms with van der Waals surface area (Å²) in [7, 11) is -9.43. The largest absolute Gasteiger partial charge is 0.413 e. The van der Waals surface area contributed by atoms with Crippen LogP contribution in [-0.2, 0) is 24.2 Å². The molecule has 164 valence electrons. The van der Waals surface area contributed by atoms with E-state index in [1.165, 1.54) is 17.5 Å². The van der Waals surface area contributed by atoms with E-state index in [4.69, 9.17) is 4.43 Å². The van der Waals surface area contributed by atoms with Crippen molar-refractivity contribution in [2.45, 2.75) is 55.6 Å². The molecule has 0 N–H and O–H groups in total. The molecule has 0 saturated carbocycles. The van der Waals surface area contributed by atoms with Crippen LogP contribution in [0.15, 0.2) is 79.6 Å². The van der Waals surface area contributed by atoms with Gasteiger partial charge in [0.1, 0.15) is 9.73 Å². The Balaban J connectivity index is 2.44. The van der Waals surface area contributed by atoms with Gasteiger partial charge in [-0.2, -0.15) is 8.42 Å². The lowest BCUT2D eigenvalue weighted by molar-refractivity contribution is 0.328. The Morgan fingerprint density at radius 1 is 0.933 bits per heavy atom. The van der Waals surface area contributed by atoms with Crippen LogP contribution in [0, 0.1) is 6.92 Å². The molecule has 0 aliphatic rings. The SMILES string of the molecule is Cc1ccc(S(=O)(=O)N=S(=O)(/C=C/CO[Si](C)(C)C(C)(C)C)c2ccccc2)cc1. The predicted molar refractivity (Wildman–Crippen MR) is 126 cm³/mol. The molecule has 0 bridgehead atoms. The lowest BCUT2D eigenvalue weighted by Gasteiger charge is -2.35. The highest BCUT2D eigenvalue weighted by atomic mass is 32.3. The van der Waals surface area contributed by atoms with Crippen molar-refractivity contribution in [2.24, 2.45) is 3.77 Å². The molecule has 0 fully saturated rings. The lowest BCUT2D eigenvalue weighted by Crippen LogP contribution is -2.40. The van der Waals surface area contributed by atoms with Crippen LogP contribution in [0.4, 0.5) is 0 Å². The summed E-state index contributed by atoms with van der Waals surface area (Å²) >= 11 is 0. The first-order valence-electron chi connectivity index (χ1n) is 9.73. The summed E-state index contributed by atoms with van der Waals surface area (Å²) in [6, 6.07) is 14.8. The fourth-order valence-corrected chi connectivity index (χ4v) is 6.83. The lowest BCUT2D eigenvalue weighted by atomic mass is 10.2. The predicted octanol–water partition coefficient (Wildman–Crippen LogP) is 5.75. The van der Waals surface area contributed by atoms with Gasteiger partial charge in [0.2, 0.25) is 0 Å². The molecule has 30 heavy (non-hydrogen) atoms. The molecule has 0 saturated heterocycles. The molecule has 0 aromatic heterocycles. The second-order valence-corrected chi connectivity index (χ2v) is 17.4. The van der Waals surface area contributed by atoms with Crippen molar-refractivity contribution in [3.63, 3.8) is 0 Å². The van der Waals surface area contributed by atoms with Crippen molar-refractivity contribution < 1.29 is 17.1 Å². The first-order chi connectivity index (χ1) is 13.8. The minimum Gasteiger partial charge on any atom is -0.413 e. The molecule has 2 rings (SSSR count). The molecule has 2 aromatic carbocycles. The maximum Gasteiger partial charge on any atom is 0.290 e. The highest BCUT2D eigenvalue weighted by Gasteiger charge is 2.36. The van der Waals surface area contributed by atoms with Gasteiger partial charge in [-0.15, -0.1) is 0 Å². The molecule has 0 aliphatic carbocycles. The molecular weight excluding hydrogens is 434 g/mol. The van der Waals surface area contributed by atoms with Crippen LogP contribution < -0.4 is 0 Å². The Morgan fingerprint density at radius 2 is 1.50 bits per heavy atom. The van der Waals surface area contributed by atoms with Crippen molar-refractivity contribution in [2.75, 3.05) is 6.61 Å². The third-order valence-electron chi connectivity index (χ3n) is 5.24. The summed E-state index contributed by atoms with van der Waals surface area (Å²) in [5.41, 5.74) is 0.931. The fraction of sp³-hybridized carbons (Fsp3) is 0.364. The van der Waals surface area contributed by atoms with E-state index in [9.17, 15) is 12.6 Å². The van der Waals surface area contributed by atoms with Gasteiger partial charge < -0.3 is 4.43 Å². The van der Waals surface area contributed by atoms with E-state index < -0.39 is 28.1 Å². The third-order valence-corrected chi connectivity index (χ3v) is 13.8. The van der Waals surface area contributed by atoms with E-state index in [1.807, 2.05) is 6.92 Å². The minimum absolute atomic E-state index is 0.0164. The number of nitrogens with zero attached hydrogens (tertiary/aromatic N) is 1. The maximum absolute atomic E-state index is 13.7. The van der Waals surface area contributed by atoms with Crippen LogP contribution in [0.5, 0.6) is 0 Å². The standard InChI is InChI=1S/C22H31NO4S2Si/c1-19-13-15-21(16-14-19)29(25,26)23-28(24,20-11-8-7-9-12-20)18-10-17-27-30(5,6)22(2,3)4/h7-16,18H,17H2,1-6H3/b18-10+. The van der Waals surface area contributed by atoms with Crippen LogP contribution in [0.25, 0.3) is 0 Å². The van der Waals surface area contributed by atoms with Crippen molar-refractivity contribution in [3.05, 3.63) is 71.6 Å². The Bertz CT molecular complexity index is 1110. The average molecular weight is 466 g/mol. The Kier molecular flexibility index (Phi) is 7.50. The second kappa shape index (κ2) is 9.17. The smallest absolute Gasteiger partial charge is 0.290 e. The van der Waals surface area contributed by atoms with Crippen molar-refractivity contribution in [3.8, 4) is 0 Å². The highest BCUT2D eigenvalue weighted by Crippen LogP contribution is 2.36. The second-order valence-electron chi connectivity index (χ2n) is 8.69. The number of rotatable bonds is 7. The molecule has 0 spiro atoms. The maximum atomic E-state index is 13.7. The van der Waals surface area contributed by atoms with E-state index in [0.717, 1.165) is 5.56 Å². The van der Waals surface area contributed by atoms with Gasteiger partial charge in [-0.25, -0.2) is 4.21 Å². The highest BCUT2D eigenvalue weighted by molar-refractivity contribution is 8.05. The molecule has 0 aliphatic heterocycles. The zero-order valence-electron chi connectivity index (χ0n) is 18.5. The number of benzene rings is 2. The molecule has 1 unspecified atom stereocenters. The number of sulfonamides is 1. The van der Waals surface area contributed by atoms with Crippen LogP contribution in [0.3, 0.4) is 0 Å².